The molecule has 0 spiro atoms. The third-order valence-electron chi connectivity index (χ3n) is 3.07. The number of hydrogen-bond acceptors (Lipinski definition) is 3. The van der Waals surface area contributed by atoms with E-state index >= 15 is 0 Å². The molecule has 0 rings (SSSR count). The minimum Gasteiger partial charge on any atom is -0.302 e. The van der Waals surface area contributed by atoms with Crippen LogP contribution in [0.3, 0.4) is 0 Å². The maximum absolute atomic E-state index is 11.3. The molecule has 0 aliphatic carbocycles. The summed E-state index contributed by atoms with van der Waals surface area (Å²) in [4.78, 5) is 13.5. The molecule has 4 nitrogen and oxygen atoms in total. The second-order valence-electron chi connectivity index (χ2n) is 5.39. The third-order valence-corrected chi connectivity index (χ3v) is 3.07. The van der Waals surface area contributed by atoms with Gasteiger partial charge >= 0.3 is 0 Å². The maximum Gasteiger partial charge on any atom is 0.237 e. The van der Waals surface area contributed by atoms with E-state index in [1.807, 2.05) is 14.0 Å². The first-order valence-electron chi connectivity index (χ1n) is 5.40. The van der Waals surface area contributed by atoms with Crippen molar-refractivity contribution in [1.82, 2.24) is 10.3 Å². The van der Waals surface area contributed by atoms with Gasteiger partial charge in [-0.3, -0.25) is 10.2 Å². The SMILES string of the molecule is CC(CN(C)C(C)C(C)(C)C)C(=O)NN. The van der Waals surface area contributed by atoms with Gasteiger partial charge in [0.05, 0.1) is 0 Å². The van der Waals surface area contributed by atoms with Crippen LogP contribution in [0.25, 0.3) is 0 Å². The van der Waals surface area contributed by atoms with Crippen LogP contribution in [0.2, 0.25) is 0 Å². The molecule has 0 aromatic heterocycles. The van der Waals surface area contributed by atoms with Gasteiger partial charge in [-0.25, -0.2) is 5.84 Å². The summed E-state index contributed by atoms with van der Waals surface area (Å²) in [5.41, 5.74) is 2.40. The lowest BCUT2D eigenvalue weighted by atomic mass is 9.87. The predicted octanol–water partition coefficient (Wildman–Crippen LogP) is 0.979. The van der Waals surface area contributed by atoms with Gasteiger partial charge in [0.1, 0.15) is 0 Å². The van der Waals surface area contributed by atoms with Gasteiger partial charge in [0.15, 0.2) is 0 Å². The highest BCUT2D eigenvalue weighted by molar-refractivity contribution is 5.77. The van der Waals surface area contributed by atoms with Crippen LogP contribution < -0.4 is 11.3 Å². The molecule has 0 aliphatic heterocycles. The fourth-order valence-electron chi connectivity index (χ4n) is 1.48. The molecule has 0 aliphatic rings. The average molecular weight is 215 g/mol. The Labute approximate surface area is 93.2 Å². The summed E-state index contributed by atoms with van der Waals surface area (Å²) in [6.45, 7) is 11.4. The summed E-state index contributed by atoms with van der Waals surface area (Å²) in [5.74, 6) is 4.91. The van der Waals surface area contributed by atoms with E-state index in [9.17, 15) is 4.79 Å². The standard InChI is InChI=1S/C11H25N3O/c1-8(10(15)13-12)7-14(6)9(2)11(3,4)5/h8-9H,7,12H2,1-6H3,(H,13,15). The Balaban J connectivity index is 4.25. The van der Waals surface area contributed by atoms with Crippen LogP contribution in [-0.4, -0.2) is 30.4 Å². The lowest BCUT2D eigenvalue weighted by molar-refractivity contribution is -0.125. The van der Waals surface area contributed by atoms with Crippen molar-refractivity contribution in [1.29, 1.82) is 0 Å². The molecule has 0 fully saturated rings. The van der Waals surface area contributed by atoms with Gasteiger partial charge in [-0.1, -0.05) is 27.7 Å². The highest BCUT2D eigenvalue weighted by atomic mass is 16.2. The monoisotopic (exact) mass is 215 g/mol. The van der Waals surface area contributed by atoms with E-state index in [-0.39, 0.29) is 17.2 Å². The molecular weight excluding hydrogens is 190 g/mol. The van der Waals surface area contributed by atoms with Crippen molar-refractivity contribution < 1.29 is 4.79 Å². The average Bonchev–Trinajstić information content (AvgIpc) is 2.13. The second kappa shape index (κ2) is 5.47. The van der Waals surface area contributed by atoms with Gasteiger partial charge in [-0.05, 0) is 19.4 Å². The molecule has 2 atom stereocenters. The molecule has 4 heteroatoms. The van der Waals surface area contributed by atoms with Gasteiger partial charge in [-0.2, -0.15) is 0 Å². The van der Waals surface area contributed by atoms with Crippen molar-refractivity contribution >= 4 is 5.91 Å². The minimum absolute atomic E-state index is 0.0789. The Bertz CT molecular complexity index is 210. The summed E-state index contributed by atoms with van der Waals surface area (Å²) < 4.78 is 0. The van der Waals surface area contributed by atoms with E-state index in [4.69, 9.17) is 5.84 Å². The van der Waals surface area contributed by atoms with E-state index in [2.05, 4.69) is 38.0 Å². The first-order chi connectivity index (χ1) is 6.70. The fourth-order valence-corrected chi connectivity index (χ4v) is 1.48. The fraction of sp³-hybridized carbons (Fsp3) is 0.909. The van der Waals surface area contributed by atoms with E-state index in [1.165, 1.54) is 0 Å². The van der Waals surface area contributed by atoms with Crippen molar-refractivity contribution in [3.8, 4) is 0 Å². The quantitative estimate of drug-likeness (QED) is 0.417. The van der Waals surface area contributed by atoms with Gasteiger partial charge in [0.25, 0.3) is 0 Å². The molecule has 0 saturated carbocycles. The third kappa shape index (κ3) is 4.62. The zero-order chi connectivity index (χ0) is 12.2. The van der Waals surface area contributed by atoms with Crippen LogP contribution in [0.5, 0.6) is 0 Å². The van der Waals surface area contributed by atoms with Crippen LogP contribution in [-0.2, 0) is 4.79 Å². The number of nitrogens with zero attached hydrogens (tertiary/aromatic N) is 1. The molecule has 0 radical (unpaired) electrons. The highest BCUT2D eigenvalue weighted by Crippen LogP contribution is 2.23. The van der Waals surface area contributed by atoms with Gasteiger partial charge in [0.2, 0.25) is 5.91 Å². The van der Waals surface area contributed by atoms with Crippen LogP contribution >= 0.6 is 0 Å². The van der Waals surface area contributed by atoms with Gasteiger partial charge in [-0.15, -0.1) is 0 Å². The lowest BCUT2D eigenvalue weighted by Gasteiger charge is -2.36. The summed E-state index contributed by atoms with van der Waals surface area (Å²) >= 11 is 0. The Morgan fingerprint density at radius 3 is 2.20 bits per heavy atom. The smallest absolute Gasteiger partial charge is 0.237 e. The van der Waals surface area contributed by atoms with Gasteiger partial charge in [0, 0.05) is 18.5 Å². The molecule has 0 saturated heterocycles. The van der Waals surface area contributed by atoms with Crippen LogP contribution in [0, 0.1) is 11.3 Å². The molecule has 0 aromatic carbocycles. The number of carbonyl (C=O) groups excluding carboxylic acids is 1. The molecule has 1 amide bonds. The molecule has 90 valence electrons. The zero-order valence-electron chi connectivity index (χ0n) is 10.8. The maximum atomic E-state index is 11.3. The van der Waals surface area contributed by atoms with E-state index < -0.39 is 0 Å². The highest BCUT2D eigenvalue weighted by Gasteiger charge is 2.25. The molecule has 0 aromatic rings. The topological polar surface area (TPSA) is 58.4 Å². The number of hydrazine groups is 1. The van der Waals surface area contributed by atoms with Crippen LogP contribution in [0.4, 0.5) is 0 Å². The molecular formula is C11H25N3O. The first-order valence-corrected chi connectivity index (χ1v) is 5.40. The predicted molar refractivity (Wildman–Crippen MR) is 63.0 cm³/mol. The second-order valence-corrected chi connectivity index (χ2v) is 5.39. The number of rotatable bonds is 4. The minimum atomic E-state index is -0.108. The summed E-state index contributed by atoms with van der Waals surface area (Å²) in [5, 5.41) is 0. The Morgan fingerprint density at radius 1 is 1.40 bits per heavy atom. The van der Waals surface area contributed by atoms with Crippen molar-refractivity contribution in [3.05, 3.63) is 0 Å². The summed E-state index contributed by atoms with van der Waals surface area (Å²) in [6.07, 6.45) is 0. The number of hydrogen-bond donors (Lipinski definition) is 2. The Morgan fingerprint density at radius 2 is 1.87 bits per heavy atom. The van der Waals surface area contributed by atoms with E-state index in [0.29, 0.717) is 6.04 Å². The van der Waals surface area contributed by atoms with Crippen molar-refractivity contribution in [2.75, 3.05) is 13.6 Å². The normalized spacial score (nSPS) is 16.3. The molecule has 0 heterocycles. The van der Waals surface area contributed by atoms with Gasteiger partial charge < -0.3 is 4.90 Å². The van der Waals surface area contributed by atoms with Crippen LogP contribution in [0.1, 0.15) is 34.6 Å². The zero-order valence-corrected chi connectivity index (χ0v) is 10.8. The molecule has 0 bridgehead atoms. The van der Waals surface area contributed by atoms with Crippen molar-refractivity contribution in [3.63, 3.8) is 0 Å². The van der Waals surface area contributed by atoms with E-state index in [1.54, 1.807) is 0 Å². The van der Waals surface area contributed by atoms with Crippen LogP contribution in [0.15, 0.2) is 0 Å². The van der Waals surface area contributed by atoms with Crippen molar-refractivity contribution in [2.45, 2.75) is 40.7 Å². The van der Waals surface area contributed by atoms with Crippen molar-refractivity contribution in [2.24, 2.45) is 17.2 Å². The number of amides is 1. The first kappa shape index (κ1) is 14.4. The number of carbonyl (C=O) groups is 1. The molecule has 3 N–H and O–H groups in total. The molecule has 2 unspecified atom stereocenters. The summed E-state index contributed by atoms with van der Waals surface area (Å²) in [7, 11) is 2.04. The number of nitrogens with two attached hydrogens (primary N) is 1. The summed E-state index contributed by atoms with van der Waals surface area (Å²) in [6, 6.07) is 0.422. The largest absolute Gasteiger partial charge is 0.302 e. The lowest BCUT2D eigenvalue weighted by Crippen LogP contribution is -2.45. The van der Waals surface area contributed by atoms with E-state index in [0.717, 1.165) is 6.54 Å². The molecule has 15 heavy (non-hydrogen) atoms. The Kier molecular flexibility index (Phi) is 5.24. The number of nitrogens with one attached hydrogen (secondary N) is 1. The Hall–Kier alpha value is -0.610.